The molecule has 2 rings (SSSR count). The van der Waals surface area contributed by atoms with E-state index in [0.717, 1.165) is 17.7 Å². The Labute approximate surface area is 144 Å². The summed E-state index contributed by atoms with van der Waals surface area (Å²) in [7, 11) is -3.02. The van der Waals surface area contributed by atoms with Gasteiger partial charge in [0.25, 0.3) is 0 Å². The Balaban J connectivity index is 2.12. The molecule has 1 aliphatic heterocycles. The zero-order valence-corrected chi connectivity index (χ0v) is 15.5. The SMILES string of the molecule is CCCOc1ccc(CN(C(=O)C(C)C)[C@H]2CCS(=O)(=O)C2)cc1. The second-order valence-electron chi connectivity index (χ2n) is 6.67. The lowest BCUT2D eigenvalue weighted by molar-refractivity contribution is -0.137. The first-order valence-corrected chi connectivity index (χ1v) is 10.4. The Bertz CT molecular complexity index is 652. The number of hydrogen-bond donors (Lipinski definition) is 0. The third-order valence-electron chi connectivity index (χ3n) is 4.18. The van der Waals surface area contributed by atoms with Crippen molar-refractivity contribution >= 4 is 15.7 Å². The molecule has 24 heavy (non-hydrogen) atoms. The van der Waals surface area contributed by atoms with E-state index < -0.39 is 9.84 Å². The van der Waals surface area contributed by atoms with Gasteiger partial charge in [-0.25, -0.2) is 8.42 Å². The van der Waals surface area contributed by atoms with Crippen LogP contribution in [0.15, 0.2) is 24.3 Å². The van der Waals surface area contributed by atoms with Gasteiger partial charge in [-0.05, 0) is 30.5 Å². The molecule has 1 heterocycles. The smallest absolute Gasteiger partial charge is 0.225 e. The van der Waals surface area contributed by atoms with Gasteiger partial charge in [-0.3, -0.25) is 4.79 Å². The Kier molecular flexibility index (Phi) is 6.27. The molecule has 0 radical (unpaired) electrons. The minimum absolute atomic E-state index is 0.00316. The highest BCUT2D eigenvalue weighted by Gasteiger charge is 2.35. The van der Waals surface area contributed by atoms with Gasteiger partial charge in [0, 0.05) is 18.5 Å². The van der Waals surface area contributed by atoms with Gasteiger partial charge in [-0.1, -0.05) is 32.9 Å². The monoisotopic (exact) mass is 353 g/mol. The van der Waals surface area contributed by atoms with Crippen LogP contribution in [0.5, 0.6) is 5.75 Å². The predicted octanol–water partition coefficient (Wildman–Crippen LogP) is 2.65. The first kappa shape index (κ1) is 18.8. The number of amides is 1. The predicted molar refractivity (Wildman–Crippen MR) is 94.7 cm³/mol. The molecule has 0 aromatic heterocycles. The minimum Gasteiger partial charge on any atom is -0.494 e. The van der Waals surface area contributed by atoms with E-state index in [0.29, 0.717) is 19.6 Å². The summed E-state index contributed by atoms with van der Waals surface area (Å²) in [4.78, 5) is 14.3. The zero-order valence-electron chi connectivity index (χ0n) is 14.7. The van der Waals surface area contributed by atoms with Crippen LogP contribution >= 0.6 is 0 Å². The van der Waals surface area contributed by atoms with Crippen LogP contribution in [0.3, 0.4) is 0 Å². The summed E-state index contributed by atoms with van der Waals surface area (Å²) in [5.74, 6) is 0.904. The summed E-state index contributed by atoms with van der Waals surface area (Å²) >= 11 is 0. The second kappa shape index (κ2) is 8.01. The largest absolute Gasteiger partial charge is 0.494 e. The molecule has 1 fully saturated rings. The molecule has 1 aromatic carbocycles. The zero-order chi connectivity index (χ0) is 17.7. The average Bonchev–Trinajstić information content (AvgIpc) is 2.90. The van der Waals surface area contributed by atoms with E-state index in [2.05, 4.69) is 6.92 Å². The fourth-order valence-electron chi connectivity index (χ4n) is 2.85. The maximum Gasteiger partial charge on any atom is 0.225 e. The molecule has 1 aromatic rings. The quantitative estimate of drug-likeness (QED) is 0.756. The van der Waals surface area contributed by atoms with Crippen molar-refractivity contribution < 1.29 is 17.9 Å². The van der Waals surface area contributed by atoms with Crippen LogP contribution in [0, 0.1) is 5.92 Å². The van der Waals surface area contributed by atoms with Crippen molar-refractivity contribution in [3.8, 4) is 5.75 Å². The first-order chi connectivity index (χ1) is 11.3. The van der Waals surface area contributed by atoms with Gasteiger partial charge in [0.15, 0.2) is 9.84 Å². The number of rotatable bonds is 7. The number of carbonyl (C=O) groups is 1. The molecule has 0 spiro atoms. The molecule has 0 bridgehead atoms. The summed E-state index contributed by atoms with van der Waals surface area (Å²) in [6.07, 6.45) is 1.48. The maximum atomic E-state index is 12.6. The van der Waals surface area contributed by atoms with Gasteiger partial charge in [-0.15, -0.1) is 0 Å². The molecule has 6 heteroatoms. The molecule has 1 amide bonds. The standard InChI is InChI=1S/C18H27NO4S/c1-4-10-23-17-7-5-15(6-8-17)12-19(18(20)14(2)3)16-9-11-24(21,22)13-16/h5-8,14,16H,4,9-13H2,1-3H3/t16-/m0/s1. The highest BCUT2D eigenvalue weighted by molar-refractivity contribution is 7.91. The van der Waals surface area contributed by atoms with Gasteiger partial charge < -0.3 is 9.64 Å². The Morgan fingerprint density at radius 1 is 1.29 bits per heavy atom. The van der Waals surface area contributed by atoms with Crippen molar-refractivity contribution in [1.82, 2.24) is 4.90 Å². The van der Waals surface area contributed by atoms with Crippen LogP contribution in [0.25, 0.3) is 0 Å². The molecule has 5 nitrogen and oxygen atoms in total. The molecule has 1 aliphatic rings. The summed E-state index contributed by atoms with van der Waals surface area (Å²) in [5.41, 5.74) is 0.983. The number of nitrogens with zero attached hydrogens (tertiary/aromatic N) is 1. The number of sulfone groups is 1. The van der Waals surface area contributed by atoms with Gasteiger partial charge in [-0.2, -0.15) is 0 Å². The van der Waals surface area contributed by atoms with Crippen LogP contribution < -0.4 is 4.74 Å². The number of ether oxygens (including phenoxy) is 1. The van der Waals surface area contributed by atoms with E-state index >= 15 is 0 Å². The van der Waals surface area contributed by atoms with E-state index in [1.165, 1.54) is 0 Å². The van der Waals surface area contributed by atoms with Crippen LogP contribution in [0.2, 0.25) is 0 Å². The molecule has 0 aliphatic carbocycles. The van der Waals surface area contributed by atoms with Gasteiger partial charge in [0.05, 0.1) is 18.1 Å². The Hall–Kier alpha value is -1.56. The van der Waals surface area contributed by atoms with Crippen molar-refractivity contribution in [3.05, 3.63) is 29.8 Å². The maximum absolute atomic E-state index is 12.6. The van der Waals surface area contributed by atoms with Gasteiger partial charge >= 0.3 is 0 Å². The van der Waals surface area contributed by atoms with E-state index in [1.54, 1.807) is 4.90 Å². The first-order valence-electron chi connectivity index (χ1n) is 8.55. The summed E-state index contributed by atoms with van der Waals surface area (Å²) in [5, 5.41) is 0. The third-order valence-corrected chi connectivity index (χ3v) is 5.93. The van der Waals surface area contributed by atoms with Crippen LogP contribution in [0.1, 0.15) is 39.2 Å². The van der Waals surface area contributed by atoms with Crippen LogP contribution in [0.4, 0.5) is 0 Å². The van der Waals surface area contributed by atoms with E-state index in [-0.39, 0.29) is 29.4 Å². The minimum atomic E-state index is -3.02. The van der Waals surface area contributed by atoms with Gasteiger partial charge in [0.2, 0.25) is 5.91 Å². The molecule has 1 saturated heterocycles. The highest BCUT2D eigenvalue weighted by atomic mass is 32.2. The normalized spacial score (nSPS) is 19.4. The van der Waals surface area contributed by atoms with E-state index in [9.17, 15) is 13.2 Å². The Morgan fingerprint density at radius 3 is 2.46 bits per heavy atom. The molecular weight excluding hydrogens is 326 g/mol. The summed E-state index contributed by atoms with van der Waals surface area (Å²) in [6, 6.07) is 7.45. The molecule has 0 saturated carbocycles. The fraction of sp³-hybridized carbons (Fsp3) is 0.611. The number of hydrogen-bond acceptors (Lipinski definition) is 4. The van der Waals surface area contributed by atoms with Crippen molar-refractivity contribution in [1.29, 1.82) is 0 Å². The van der Waals surface area contributed by atoms with Crippen molar-refractivity contribution in [2.24, 2.45) is 5.92 Å². The van der Waals surface area contributed by atoms with Crippen molar-refractivity contribution in [3.63, 3.8) is 0 Å². The topological polar surface area (TPSA) is 63.7 Å². The average molecular weight is 353 g/mol. The molecular formula is C18H27NO4S. The van der Waals surface area contributed by atoms with E-state index in [4.69, 9.17) is 4.74 Å². The second-order valence-corrected chi connectivity index (χ2v) is 8.90. The number of benzene rings is 1. The fourth-order valence-corrected chi connectivity index (χ4v) is 4.58. The highest BCUT2D eigenvalue weighted by Crippen LogP contribution is 2.23. The van der Waals surface area contributed by atoms with Gasteiger partial charge in [0.1, 0.15) is 5.75 Å². The van der Waals surface area contributed by atoms with Crippen molar-refractivity contribution in [2.75, 3.05) is 18.1 Å². The van der Waals surface area contributed by atoms with E-state index in [1.807, 2.05) is 38.1 Å². The molecule has 0 N–H and O–H groups in total. The van der Waals surface area contributed by atoms with Crippen LogP contribution in [-0.4, -0.2) is 43.4 Å². The Morgan fingerprint density at radius 2 is 1.96 bits per heavy atom. The lowest BCUT2D eigenvalue weighted by Gasteiger charge is -2.30. The molecule has 134 valence electrons. The number of carbonyl (C=O) groups excluding carboxylic acids is 1. The summed E-state index contributed by atoms with van der Waals surface area (Å²) < 4.78 is 29.1. The lowest BCUT2D eigenvalue weighted by atomic mass is 10.1. The molecule has 0 unspecified atom stereocenters. The third kappa shape index (κ3) is 4.97. The lowest BCUT2D eigenvalue weighted by Crippen LogP contribution is -2.42. The summed E-state index contributed by atoms with van der Waals surface area (Å²) in [6.45, 7) is 6.86. The van der Waals surface area contributed by atoms with Crippen LogP contribution in [-0.2, 0) is 21.2 Å². The molecule has 1 atom stereocenters. The van der Waals surface area contributed by atoms with Crippen molar-refractivity contribution in [2.45, 2.75) is 46.2 Å².